The highest BCUT2D eigenvalue weighted by molar-refractivity contribution is 5.74. The maximum Gasteiger partial charge on any atom is 0.309 e. The van der Waals surface area contributed by atoms with Crippen molar-refractivity contribution in [3.8, 4) is 0 Å². The zero-order valence-electron chi connectivity index (χ0n) is 9.36. The van der Waals surface area contributed by atoms with Crippen molar-refractivity contribution in [1.29, 1.82) is 0 Å². The standard InChI is InChI=1S/C12H18O3/c1-4-12(2)6-5-9(8-13)7-10(12)11(14)15-3/h4,8-10H,1,5-7H2,2-3H3/t9-,10+,12-/m0/s1. The molecule has 0 heterocycles. The molecule has 3 nitrogen and oxygen atoms in total. The predicted octanol–water partition coefficient (Wildman–Crippen LogP) is 1.97. The van der Waals surface area contributed by atoms with Gasteiger partial charge >= 0.3 is 5.97 Å². The Morgan fingerprint density at radius 3 is 2.73 bits per heavy atom. The first-order chi connectivity index (χ1) is 7.07. The van der Waals surface area contributed by atoms with Crippen LogP contribution in [0.25, 0.3) is 0 Å². The number of aldehydes is 1. The smallest absolute Gasteiger partial charge is 0.309 e. The number of carbonyl (C=O) groups excluding carboxylic acids is 2. The number of hydrogen-bond acceptors (Lipinski definition) is 3. The highest BCUT2D eigenvalue weighted by Gasteiger charge is 2.42. The van der Waals surface area contributed by atoms with Gasteiger partial charge in [0.15, 0.2) is 0 Å². The van der Waals surface area contributed by atoms with Crippen molar-refractivity contribution in [2.75, 3.05) is 7.11 Å². The number of allylic oxidation sites excluding steroid dienone is 1. The molecule has 15 heavy (non-hydrogen) atoms. The van der Waals surface area contributed by atoms with Crippen molar-refractivity contribution in [2.45, 2.75) is 26.2 Å². The predicted molar refractivity (Wildman–Crippen MR) is 57.2 cm³/mol. The molecule has 1 aliphatic carbocycles. The highest BCUT2D eigenvalue weighted by Crippen LogP contribution is 2.44. The summed E-state index contributed by atoms with van der Waals surface area (Å²) in [6.45, 7) is 5.78. The van der Waals surface area contributed by atoms with Crippen LogP contribution in [-0.4, -0.2) is 19.4 Å². The van der Waals surface area contributed by atoms with Crippen molar-refractivity contribution >= 4 is 12.3 Å². The maximum absolute atomic E-state index is 11.6. The highest BCUT2D eigenvalue weighted by atomic mass is 16.5. The van der Waals surface area contributed by atoms with Gasteiger partial charge < -0.3 is 9.53 Å². The minimum Gasteiger partial charge on any atom is -0.469 e. The normalized spacial score (nSPS) is 35.6. The van der Waals surface area contributed by atoms with Crippen LogP contribution >= 0.6 is 0 Å². The van der Waals surface area contributed by atoms with Crippen LogP contribution in [-0.2, 0) is 14.3 Å². The van der Waals surface area contributed by atoms with Gasteiger partial charge in [0, 0.05) is 5.92 Å². The van der Waals surface area contributed by atoms with Crippen molar-refractivity contribution in [3.05, 3.63) is 12.7 Å². The molecule has 0 aromatic heterocycles. The van der Waals surface area contributed by atoms with Crippen LogP contribution < -0.4 is 0 Å². The van der Waals surface area contributed by atoms with Gasteiger partial charge in [0.2, 0.25) is 0 Å². The summed E-state index contributed by atoms with van der Waals surface area (Å²) in [4.78, 5) is 22.4. The van der Waals surface area contributed by atoms with Crippen LogP contribution in [0.5, 0.6) is 0 Å². The molecule has 0 saturated heterocycles. The summed E-state index contributed by atoms with van der Waals surface area (Å²) in [6.07, 6.45) is 4.99. The second-order valence-electron chi connectivity index (χ2n) is 4.46. The number of rotatable bonds is 3. The van der Waals surface area contributed by atoms with Gasteiger partial charge in [0.05, 0.1) is 13.0 Å². The first-order valence-corrected chi connectivity index (χ1v) is 5.24. The van der Waals surface area contributed by atoms with E-state index in [1.54, 1.807) is 0 Å². The Balaban J connectivity index is 2.87. The molecule has 0 aromatic rings. The van der Waals surface area contributed by atoms with Gasteiger partial charge in [-0.05, 0) is 24.7 Å². The maximum atomic E-state index is 11.6. The van der Waals surface area contributed by atoms with Crippen molar-refractivity contribution in [2.24, 2.45) is 17.3 Å². The summed E-state index contributed by atoms with van der Waals surface area (Å²) in [5, 5.41) is 0. The van der Waals surface area contributed by atoms with Crippen LogP contribution in [0.2, 0.25) is 0 Å². The van der Waals surface area contributed by atoms with Crippen LogP contribution in [0.3, 0.4) is 0 Å². The molecule has 84 valence electrons. The lowest BCUT2D eigenvalue weighted by Crippen LogP contribution is -2.38. The molecule has 3 heteroatoms. The average Bonchev–Trinajstić information content (AvgIpc) is 2.28. The van der Waals surface area contributed by atoms with E-state index in [1.165, 1.54) is 7.11 Å². The van der Waals surface area contributed by atoms with E-state index in [4.69, 9.17) is 4.74 Å². The molecule has 0 bridgehead atoms. The summed E-state index contributed by atoms with van der Waals surface area (Å²) in [7, 11) is 1.39. The van der Waals surface area contributed by atoms with Crippen LogP contribution in [0.1, 0.15) is 26.2 Å². The fourth-order valence-electron chi connectivity index (χ4n) is 2.24. The first kappa shape index (κ1) is 12.0. The fourth-order valence-corrected chi connectivity index (χ4v) is 2.24. The van der Waals surface area contributed by atoms with Crippen LogP contribution in [0, 0.1) is 17.3 Å². The minimum absolute atomic E-state index is 0.0119. The first-order valence-electron chi connectivity index (χ1n) is 5.24. The van der Waals surface area contributed by atoms with E-state index in [-0.39, 0.29) is 23.2 Å². The zero-order chi connectivity index (χ0) is 11.5. The van der Waals surface area contributed by atoms with Crippen molar-refractivity contribution < 1.29 is 14.3 Å². The van der Waals surface area contributed by atoms with Crippen LogP contribution in [0.15, 0.2) is 12.7 Å². The van der Waals surface area contributed by atoms with Gasteiger partial charge in [0.1, 0.15) is 6.29 Å². The summed E-state index contributed by atoms with van der Waals surface area (Å²) < 4.78 is 4.78. The molecule has 0 unspecified atom stereocenters. The monoisotopic (exact) mass is 210 g/mol. The lowest BCUT2D eigenvalue weighted by Gasteiger charge is -2.39. The summed E-state index contributed by atoms with van der Waals surface area (Å²) >= 11 is 0. The van der Waals surface area contributed by atoms with E-state index in [2.05, 4.69) is 6.58 Å². The van der Waals surface area contributed by atoms with Gasteiger partial charge in [-0.3, -0.25) is 4.79 Å². The third-order valence-corrected chi connectivity index (χ3v) is 3.53. The lowest BCUT2D eigenvalue weighted by molar-refractivity contribution is -0.151. The molecule has 1 aliphatic rings. The third-order valence-electron chi connectivity index (χ3n) is 3.53. The third kappa shape index (κ3) is 2.28. The Morgan fingerprint density at radius 2 is 2.27 bits per heavy atom. The minimum atomic E-state index is -0.232. The SMILES string of the molecule is C=C[C@@]1(C)CC[C@H](C=O)C[C@@H]1C(=O)OC. The van der Waals surface area contributed by atoms with Gasteiger partial charge in [-0.15, -0.1) is 6.58 Å². The molecule has 0 spiro atoms. The number of ether oxygens (including phenoxy) is 1. The molecule has 0 N–H and O–H groups in total. The average molecular weight is 210 g/mol. The van der Waals surface area contributed by atoms with Crippen molar-refractivity contribution in [3.63, 3.8) is 0 Å². The summed E-state index contributed by atoms with van der Waals surface area (Å²) in [5.41, 5.74) is -0.230. The number of methoxy groups -OCH3 is 1. The Hall–Kier alpha value is -1.12. The molecule has 0 aliphatic heterocycles. The van der Waals surface area contributed by atoms with Crippen molar-refractivity contribution in [1.82, 2.24) is 0 Å². The van der Waals surface area contributed by atoms with Gasteiger partial charge in [0.25, 0.3) is 0 Å². The number of carbonyl (C=O) groups is 2. The zero-order valence-corrected chi connectivity index (χ0v) is 9.36. The van der Waals surface area contributed by atoms with E-state index >= 15 is 0 Å². The largest absolute Gasteiger partial charge is 0.469 e. The quantitative estimate of drug-likeness (QED) is 0.406. The lowest BCUT2D eigenvalue weighted by atomic mass is 9.64. The Bertz CT molecular complexity index is 272. The van der Waals surface area contributed by atoms with E-state index in [0.717, 1.165) is 19.1 Å². The summed E-state index contributed by atoms with van der Waals surface area (Å²) in [6, 6.07) is 0. The Kier molecular flexibility index (Phi) is 3.66. The molecule has 1 rings (SSSR count). The van der Waals surface area contributed by atoms with Crippen LogP contribution in [0.4, 0.5) is 0 Å². The molecule has 1 fully saturated rings. The van der Waals surface area contributed by atoms with E-state index < -0.39 is 0 Å². The molecule has 0 aromatic carbocycles. The van der Waals surface area contributed by atoms with Gasteiger partial charge in [-0.2, -0.15) is 0 Å². The summed E-state index contributed by atoms with van der Waals surface area (Å²) in [5.74, 6) is -0.477. The van der Waals surface area contributed by atoms with Gasteiger partial charge in [-0.1, -0.05) is 13.0 Å². The second kappa shape index (κ2) is 4.60. The van der Waals surface area contributed by atoms with Gasteiger partial charge in [-0.25, -0.2) is 0 Å². The van der Waals surface area contributed by atoms with E-state index in [9.17, 15) is 9.59 Å². The van der Waals surface area contributed by atoms with E-state index in [1.807, 2.05) is 13.0 Å². The molecular formula is C12H18O3. The second-order valence-corrected chi connectivity index (χ2v) is 4.46. The number of esters is 1. The molecule has 3 atom stereocenters. The fraction of sp³-hybridized carbons (Fsp3) is 0.667. The molecule has 1 saturated carbocycles. The Labute approximate surface area is 90.5 Å². The molecular weight excluding hydrogens is 192 g/mol. The molecule has 0 radical (unpaired) electrons. The number of hydrogen-bond donors (Lipinski definition) is 0. The van der Waals surface area contributed by atoms with E-state index in [0.29, 0.717) is 6.42 Å². The molecule has 0 amide bonds. The topological polar surface area (TPSA) is 43.4 Å². The Morgan fingerprint density at radius 1 is 1.60 bits per heavy atom.